The second-order valence-corrected chi connectivity index (χ2v) is 4.58. The van der Waals surface area contributed by atoms with Crippen molar-refractivity contribution in [3.8, 4) is 0 Å². The molecular weight excluding hydrogens is 259 g/mol. The van der Waals surface area contributed by atoms with Gasteiger partial charge >= 0.3 is 95.6 Å². The van der Waals surface area contributed by atoms with Crippen LogP contribution in [0.4, 0.5) is 4.79 Å². The zero-order chi connectivity index (χ0) is 10.9. The van der Waals surface area contributed by atoms with Gasteiger partial charge in [-0.05, 0) is 0 Å². The Morgan fingerprint density at radius 2 is 2.07 bits per heavy atom. The Kier molecular flexibility index (Phi) is 6.09. The predicted molar refractivity (Wildman–Crippen MR) is 58.9 cm³/mol. The van der Waals surface area contributed by atoms with Gasteiger partial charge in [-0.1, -0.05) is 0 Å². The average molecular weight is 273 g/mol. The Balaban J connectivity index is 2.10. The summed E-state index contributed by atoms with van der Waals surface area (Å²) in [5, 5.41) is 0. The van der Waals surface area contributed by atoms with Gasteiger partial charge in [-0.2, -0.15) is 0 Å². The summed E-state index contributed by atoms with van der Waals surface area (Å²) < 4.78 is 10.2. The van der Waals surface area contributed by atoms with Gasteiger partial charge < -0.3 is 0 Å². The van der Waals surface area contributed by atoms with Crippen LogP contribution in [0.1, 0.15) is 12.5 Å². The van der Waals surface area contributed by atoms with E-state index in [1.165, 1.54) is 0 Å². The third kappa shape index (κ3) is 5.57. The molecule has 82 valence electrons. The molecular formula is C11H14O3Se. The van der Waals surface area contributed by atoms with Crippen LogP contribution in [0.3, 0.4) is 0 Å². The van der Waals surface area contributed by atoms with Crippen LogP contribution in [0.2, 0.25) is 0 Å². The molecule has 0 saturated carbocycles. The first-order valence-corrected chi connectivity index (χ1v) is 6.81. The van der Waals surface area contributed by atoms with Crippen LogP contribution in [0.5, 0.6) is 0 Å². The van der Waals surface area contributed by atoms with E-state index < -0.39 is 0 Å². The monoisotopic (exact) mass is 274 g/mol. The molecule has 1 aromatic rings. The van der Waals surface area contributed by atoms with E-state index in [2.05, 4.69) is 0 Å². The van der Waals surface area contributed by atoms with Crippen LogP contribution >= 0.6 is 0 Å². The van der Waals surface area contributed by atoms with Crippen molar-refractivity contribution in [2.75, 3.05) is 12.1 Å². The van der Waals surface area contributed by atoms with E-state index in [9.17, 15) is 4.79 Å². The molecule has 0 aliphatic heterocycles. The number of benzene rings is 1. The van der Waals surface area contributed by atoms with Crippen LogP contribution in [0.15, 0.2) is 30.3 Å². The number of hydrogen-bond donors (Lipinski definition) is 0. The molecule has 0 heterocycles. The SMILES string of the molecule is CCOC(=O)[Se]COCc1ccccc1. The van der Waals surface area contributed by atoms with Crippen molar-refractivity contribution in [2.24, 2.45) is 0 Å². The molecule has 0 atom stereocenters. The quantitative estimate of drug-likeness (QED) is 0.587. The van der Waals surface area contributed by atoms with Gasteiger partial charge in [-0.3, -0.25) is 0 Å². The van der Waals surface area contributed by atoms with Crippen LogP contribution in [0.25, 0.3) is 0 Å². The van der Waals surface area contributed by atoms with Crippen LogP contribution in [-0.2, 0) is 16.1 Å². The molecule has 0 bridgehead atoms. The molecule has 0 aromatic heterocycles. The average Bonchev–Trinajstić information content (AvgIpc) is 2.26. The summed E-state index contributed by atoms with van der Waals surface area (Å²) in [5.41, 5.74) is 1.60. The van der Waals surface area contributed by atoms with Gasteiger partial charge in [0.05, 0.1) is 0 Å². The van der Waals surface area contributed by atoms with Crippen molar-refractivity contribution in [1.82, 2.24) is 0 Å². The van der Waals surface area contributed by atoms with E-state index in [1.807, 2.05) is 30.3 Å². The molecule has 15 heavy (non-hydrogen) atoms. The van der Waals surface area contributed by atoms with Crippen molar-refractivity contribution >= 4 is 19.8 Å². The molecule has 0 saturated heterocycles. The van der Waals surface area contributed by atoms with Crippen molar-refractivity contribution in [3.63, 3.8) is 0 Å². The third-order valence-electron chi connectivity index (χ3n) is 1.63. The first-order valence-electron chi connectivity index (χ1n) is 4.74. The van der Waals surface area contributed by atoms with Gasteiger partial charge in [-0.15, -0.1) is 0 Å². The summed E-state index contributed by atoms with van der Waals surface area (Å²) in [6.45, 7) is 2.81. The van der Waals surface area contributed by atoms with Gasteiger partial charge in [0.1, 0.15) is 0 Å². The number of rotatable bonds is 6. The summed E-state index contributed by atoms with van der Waals surface area (Å²) in [7, 11) is 0. The number of carbonyl (C=O) groups excluding carboxylic acids is 1. The Morgan fingerprint density at radius 1 is 1.33 bits per heavy atom. The molecule has 1 rings (SSSR count). The summed E-state index contributed by atoms with van der Waals surface area (Å²) in [6, 6.07) is 9.89. The molecule has 0 radical (unpaired) electrons. The summed E-state index contributed by atoms with van der Waals surface area (Å²) >= 11 is -0.217. The number of carbonyl (C=O) groups is 1. The normalized spacial score (nSPS) is 9.93. The topological polar surface area (TPSA) is 35.5 Å². The molecule has 0 aliphatic rings. The zero-order valence-electron chi connectivity index (χ0n) is 8.64. The van der Waals surface area contributed by atoms with Gasteiger partial charge in [0.25, 0.3) is 0 Å². The maximum absolute atomic E-state index is 11.0. The standard InChI is InChI=1S/C11H14O3Se/c1-2-14-11(12)15-9-13-8-10-6-4-3-5-7-10/h3-7H,2,8-9H2,1H3. The maximum atomic E-state index is 11.0. The van der Waals surface area contributed by atoms with Crippen molar-refractivity contribution in [2.45, 2.75) is 13.5 Å². The fraction of sp³-hybridized carbons (Fsp3) is 0.364. The summed E-state index contributed by atoms with van der Waals surface area (Å²) in [5.74, 6) is 0. The summed E-state index contributed by atoms with van der Waals surface area (Å²) in [6.07, 6.45) is 0. The van der Waals surface area contributed by atoms with Crippen LogP contribution in [0, 0.1) is 0 Å². The van der Waals surface area contributed by atoms with E-state index in [1.54, 1.807) is 6.92 Å². The Bertz CT molecular complexity index is 287. The van der Waals surface area contributed by atoms with Crippen LogP contribution in [-0.4, -0.2) is 31.9 Å². The number of ether oxygens (including phenoxy) is 2. The molecule has 0 fully saturated rings. The van der Waals surface area contributed by atoms with Gasteiger partial charge in [0.2, 0.25) is 0 Å². The number of hydrogen-bond acceptors (Lipinski definition) is 3. The van der Waals surface area contributed by atoms with Gasteiger partial charge in [-0.25, -0.2) is 0 Å². The Morgan fingerprint density at radius 3 is 2.73 bits per heavy atom. The molecule has 3 nitrogen and oxygen atoms in total. The summed E-state index contributed by atoms with van der Waals surface area (Å²) in [4.78, 5) is 10.8. The van der Waals surface area contributed by atoms with E-state index in [0.717, 1.165) is 5.56 Å². The molecule has 0 amide bonds. The van der Waals surface area contributed by atoms with E-state index in [4.69, 9.17) is 9.47 Å². The zero-order valence-corrected chi connectivity index (χ0v) is 10.4. The Labute approximate surface area is 95.9 Å². The molecule has 0 spiro atoms. The minimum absolute atomic E-state index is 0.141. The van der Waals surface area contributed by atoms with Gasteiger partial charge in [0.15, 0.2) is 0 Å². The molecule has 4 heteroatoms. The van der Waals surface area contributed by atoms with Crippen molar-refractivity contribution < 1.29 is 14.3 Å². The second kappa shape index (κ2) is 7.46. The van der Waals surface area contributed by atoms with Crippen molar-refractivity contribution in [3.05, 3.63) is 35.9 Å². The first-order chi connectivity index (χ1) is 7.33. The van der Waals surface area contributed by atoms with E-state index >= 15 is 0 Å². The fourth-order valence-electron chi connectivity index (χ4n) is 0.983. The Hall–Kier alpha value is -0.831. The first kappa shape index (κ1) is 12.2. The van der Waals surface area contributed by atoms with Crippen LogP contribution < -0.4 is 0 Å². The molecule has 0 N–H and O–H groups in total. The van der Waals surface area contributed by atoms with E-state index in [0.29, 0.717) is 18.7 Å². The molecule has 0 unspecified atom stereocenters. The fourth-order valence-corrected chi connectivity index (χ4v) is 1.96. The molecule has 0 aliphatic carbocycles. The van der Waals surface area contributed by atoms with Gasteiger partial charge in [0, 0.05) is 0 Å². The second-order valence-electron chi connectivity index (χ2n) is 2.78. The predicted octanol–water partition coefficient (Wildman–Crippen LogP) is 2.02. The molecule has 1 aromatic carbocycles. The van der Waals surface area contributed by atoms with E-state index in [-0.39, 0.29) is 19.8 Å². The van der Waals surface area contributed by atoms with Crippen molar-refractivity contribution in [1.29, 1.82) is 0 Å². The minimum atomic E-state index is -0.217. The third-order valence-corrected chi connectivity index (χ3v) is 2.97.